The van der Waals surface area contributed by atoms with Crippen molar-refractivity contribution in [2.75, 3.05) is 0 Å². The number of hydrogen-bond acceptors (Lipinski definition) is 3. The van der Waals surface area contributed by atoms with E-state index in [2.05, 4.69) is 10.3 Å². The Hall–Kier alpha value is -2.31. The van der Waals surface area contributed by atoms with Crippen LogP contribution in [-0.4, -0.2) is 26.1 Å². The number of carboxylic acid groups (broad SMARTS) is 1. The molecule has 0 bridgehead atoms. The molecule has 0 saturated carbocycles. The van der Waals surface area contributed by atoms with Crippen LogP contribution in [0.3, 0.4) is 0 Å². The Balaban J connectivity index is 2.72. The van der Waals surface area contributed by atoms with E-state index in [1.807, 2.05) is 0 Å². The summed E-state index contributed by atoms with van der Waals surface area (Å²) in [5.41, 5.74) is -0.852. The van der Waals surface area contributed by atoms with Crippen molar-refractivity contribution in [2.45, 2.75) is 0 Å². The molecule has 0 atom stereocenters. The third-order valence-corrected chi connectivity index (χ3v) is 1.91. The molecule has 0 radical (unpaired) electrons. The molecule has 1 heterocycles. The number of benzene rings is 1. The fraction of sp³-hybridized carbons (Fsp3) is 0. The Bertz CT molecular complexity index is 540. The Morgan fingerprint density at radius 1 is 1.38 bits per heavy atom. The van der Waals surface area contributed by atoms with Crippen LogP contribution in [0.4, 0.5) is 8.78 Å². The van der Waals surface area contributed by atoms with E-state index in [9.17, 15) is 13.6 Å². The van der Waals surface area contributed by atoms with Gasteiger partial charge in [0.1, 0.15) is 11.5 Å². The second kappa shape index (κ2) is 3.69. The van der Waals surface area contributed by atoms with Gasteiger partial charge in [-0.15, -0.1) is 5.10 Å². The van der Waals surface area contributed by atoms with Crippen LogP contribution < -0.4 is 0 Å². The summed E-state index contributed by atoms with van der Waals surface area (Å²) in [6.07, 6.45) is 2.52. The van der Waals surface area contributed by atoms with Crippen LogP contribution in [-0.2, 0) is 0 Å². The maximum atomic E-state index is 13.4. The molecule has 0 unspecified atom stereocenters. The molecule has 0 aliphatic heterocycles. The van der Waals surface area contributed by atoms with Gasteiger partial charge in [0.25, 0.3) is 0 Å². The number of carbonyl (C=O) groups is 1. The van der Waals surface area contributed by atoms with Crippen LogP contribution in [0.25, 0.3) is 5.69 Å². The molecule has 0 aliphatic rings. The van der Waals surface area contributed by atoms with Gasteiger partial charge in [-0.05, 0) is 6.07 Å². The van der Waals surface area contributed by atoms with Crippen molar-refractivity contribution in [3.63, 3.8) is 0 Å². The lowest BCUT2D eigenvalue weighted by Gasteiger charge is -2.06. The Morgan fingerprint density at radius 3 is 2.69 bits per heavy atom. The van der Waals surface area contributed by atoms with Gasteiger partial charge >= 0.3 is 5.97 Å². The van der Waals surface area contributed by atoms with Crippen molar-refractivity contribution in [3.05, 3.63) is 41.7 Å². The van der Waals surface area contributed by atoms with Gasteiger partial charge in [0.05, 0.1) is 18.0 Å². The van der Waals surface area contributed by atoms with E-state index in [4.69, 9.17) is 5.11 Å². The molecular formula is C9H5F2N3O2. The summed E-state index contributed by atoms with van der Waals surface area (Å²) in [6, 6.07) is 1.31. The fourth-order valence-electron chi connectivity index (χ4n) is 1.29. The monoisotopic (exact) mass is 225 g/mol. The van der Waals surface area contributed by atoms with Crippen molar-refractivity contribution >= 4 is 5.97 Å². The predicted octanol–water partition coefficient (Wildman–Crippen LogP) is 1.24. The van der Waals surface area contributed by atoms with Gasteiger partial charge in [-0.25, -0.2) is 18.3 Å². The average molecular weight is 225 g/mol. The molecule has 0 aliphatic carbocycles. The number of rotatable bonds is 2. The van der Waals surface area contributed by atoms with E-state index in [-0.39, 0.29) is 5.69 Å². The van der Waals surface area contributed by atoms with Crippen molar-refractivity contribution in [1.29, 1.82) is 0 Å². The molecule has 0 amide bonds. The Kier molecular flexibility index (Phi) is 2.35. The van der Waals surface area contributed by atoms with Crippen molar-refractivity contribution in [2.24, 2.45) is 0 Å². The van der Waals surface area contributed by atoms with Crippen LogP contribution in [0, 0.1) is 11.6 Å². The van der Waals surface area contributed by atoms with Crippen LogP contribution >= 0.6 is 0 Å². The van der Waals surface area contributed by atoms with Crippen molar-refractivity contribution in [3.8, 4) is 5.69 Å². The maximum absolute atomic E-state index is 13.4. The third-order valence-electron chi connectivity index (χ3n) is 1.91. The molecule has 0 saturated heterocycles. The molecule has 0 spiro atoms. The smallest absolute Gasteiger partial charge is 0.338 e. The third kappa shape index (κ3) is 1.62. The topological polar surface area (TPSA) is 68.0 Å². The second-order valence-corrected chi connectivity index (χ2v) is 2.94. The highest BCUT2D eigenvalue weighted by Gasteiger charge is 2.18. The minimum absolute atomic E-state index is 0.341. The number of aromatic carboxylic acids is 1. The quantitative estimate of drug-likeness (QED) is 0.834. The van der Waals surface area contributed by atoms with Crippen LogP contribution in [0.1, 0.15) is 10.4 Å². The highest BCUT2D eigenvalue weighted by Crippen LogP contribution is 2.19. The zero-order chi connectivity index (χ0) is 11.7. The van der Waals surface area contributed by atoms with Gasteiger partial charge in [0.15, 0.2) is 5.82 Å². The van der Waals surface area contributed by atoms with E-state index < -0.39 is 23.2 Å². The van der Waals surface area contributed by atoms with Gasteiger partial charge in [-0.3, -0.25) is 0 Å². The molecule has 82 valence electrons. The summed E-state index contributed by atoms with van der Waals surface area (Å²) in [7, 11) is 0. The van der Waals surface area contributed by atoms with Gasteiger partial charge in [-0.1, -0.05) is 5.21 Å². The summed E-state index contributed by atoms with van der Waals surface area (Å²) in [5, 5.41) is 15.7. The number of halogens is 2. The van der Waals surface area contributed by atoms with Gasteiger partial charge < -0.3 is 5.11 Å². The number of nitrogens with zero attached hydrogens (tertiary/aromatic N) is 3. The standard InChI is InChI=1S/C9H5F2N3O2/c10-5-3-6(9(15)16)8(7(11)4-5)14-2-1-12-13-14/h1-4H,(H,15,16). The molecule has 2 rings (SSSR count). The first kappa shape index (κ1) is 10.2. The Labute approximate surface area is 87.9 Å². The lowest BCUT2D eigenvalue weighted by atomic mass is 10.1. The minimum Gasteiger partial charge on any atom is -0.478 e. The van der Waals surface area contributed by atoms with Crippen molar-refractivity contribution in [1.82, 2.24) is 15.0 Å². The van der Waals surface area contributed by atoms with Crippen LogP contribution in [0.15, 0.2) is 24.5 Å². The first-order valence-electron chi connectivity index (χ1n) is 4.18. The highest BCUT2D eigenvalue weighted by molar-refractivity contribution is 5.92. The summed E-state index contributed by atoms with van der Waals surface area (Å²) in [6.45, 7) is 0. The first-order chi connectivity index (χ1) is 7.59. The predicted molar refractivity (Wildman–Crippen MR) is 48.2 cm³/mol. The molecule has 16 heavy (non-hydrogen) atoms. The van der Waals surface area contributed by atoms with Gasteiger partial charge in [0.2, 0.25) is 0 Å². The second-order valence-electron chi connectivity index (χ2n) is 2.94. The summed E-state index contributed by atoms with van der Waals surface area (Å²) >= 11 is 0. The largest absolute Gasteiger partial charge is 0.478 e. The van der Waals surface area contributed by atoms with E-state index in [1.165, 1.54) is 12.4 Å². The number of hydrogen-bond donors (Lipinski definition) is 1. The highest BCUT2D eigenvalue weighted by atomic mass is 19.1. The molecule has 7 heteroatoms. The number of carboxylic acids is 1. The van der Waals surface area contributed by atoms with E-state index in [0.29, 0.717) is 6.07 Å². The SMILES string of the molecule is O=C(O)c1cc(F)cc(F)c1-n1ccnn1. The maximum Gasteiger partial charge on any atom is 0.338 e. The molecule has 0 fully saturated rings. The molecule has 1 N–H and O–H groups in total. The van der Waals surface area contributed by atoms with Crippen molar-refractivity contribution < 1.29 is 18.7 Å². The first-order valence-corrected chi connectivity index (χ1v) is 4.18. The van der Waals surface area contributed by atoms with Gasteiger partial charge in [-0.2, -0.15) is 0 Å². The molecule has 2 aromatic rings. The lowest BCUT2D eigenvalue weighted by Crippen LogP contribution is -2.09. The zero-order valence-electron chi connectivity index (χ0n) is 7.76. The molecular weight excluding hydrogens is 220 g/mol. The molecule has 1 aromatic carbocycles. The summed E-state index contributed by atoms with van der Waals surface area (Å²) in [4.78, 5) is 10.8. The van der Waals surface area contributed by atoms with E-state index >= 15 is 0 Å². The lowest BCUT2D eigenvalue weighted by molar-refractivity contribution is 0.0695. The minimum atomic E-state index is -1.44. The van der Waals surface area contributed by atoms with E-state index in [1.54, 1.807) is 0 Å². The molecule has 5 nitrogen and oxygen atoms in total. The average Bonchev–Trinajstić information content (AvgIpc) is 2.69. The zero-order valence-corrected chi connectivity index (χ0v) is 7.76. The van der Waals surface area contributed by atoms with Crippen LogP contribution in [0.2, 0.25) is 0 Å². The van der Waals surface area contributed by atoms with E-state index in [0.717, 1.165) is 10.7 Å². The Morgan fingerprint density at radius 2 is 2.12 bits per heavy atom. The molecule has 1 aromatic heterocycles. The van der Waals surface area contributed by atoms with Crippen LogP contribution in [0.5, 0.6) is 0 Å². The normalized spacial score (nSPS) is 10.4. The summed E-state index contributed by atoms with van der Waals surface area (Å²) < 4.78 is 27.2. The number of aromatic nitrogens is 3. The van der Waals surface area contributed by atoms with Gasteiger partial charge in [0, 0.05) is 6.07 Å². The fourth-order valence-corrected chi connectivity index (χ4v) is 1.29. The summed E-state index contributed by atoms with van der Waals surface area (Å²) in [5.74, 6) is -3.41.